The van der Waals surface area contributed by atoms with Crippen LogP contribution in [0.2, 0.25) is 0 Å². The largest absolute Gasteiger partial charge is 2.00 e. The molecule has 0 fully saturated rings. The van der Waals surface area contributed by atoms with E-state index in [1.54, 1.807) is 5.56 Å². The van der Waals surface area contributed by atoms with Crippen LogP contribution < -0.4 is 0 Å². The summed E-state index contributed by atoms with van der Waals surface area (Å²) in [6.45, 7) is 6.61. The minimum absolute atomic E-state index is 0. The third-order valence-corrected chi connectivity index (χ3v) is 5.78. The number of aryl methyl sites for hydroxylation is 3. The summed E-state index contributed by atoms with van der Waals surface area (Å²) < 4.78 is 0. The molecule has 0 amide bonds. The Morgan fingerprint density at radius 2 is 1.03 bits per heavy atom. The summed E-state index contributed by atoms with van der Waals surface area (Å²) in [7, 11) is 0. The summed E-state index contributed by atoms with van der Waals surface area (Å²) in [6, 6.07) is 15.0. The quantitative estimate of drug-likeness (QED) is 0.148. The molecule has 0 nitrogen and oxygen atoms in total. The van der Waals surface area contributed by atoms with Crippen molar-refractivity contribution in [1.82, 2.24) is 0 Å². The Labute approximate surface area is 193 Å². The van der Waals surface area contributed by atoms with Gasteiger partial charge in [0, 0.05) is 0 Å². The predicted molar refractivity (Wildman–Crippen MR) is 128 cm³/mol. The zero-order chi connectivity index (χ0) is 20.3. The van der Waals surface area contributed by atoms with E-state index in [1.165, 1.54) is 107 Å². The van der Waals surface area contributed by atoms with Gasteiger partial charge in [-0.15, -0.1) is 0 Å². The van der Waals surface area contributed by atoms with E-state index in [-0.39, 0.29) is 17.1 Å². The smallest absolute Gasteiger partial charge is 0.213 e. The molecule has 1 heteroatoms. The molecule has 166 valence electrons. The molecule has 0 spiro atoms. The van der Waals surface area contributed by atoms with Crippen molar-refractivity contribution in [2.24, 2.45) is 0 Å². The van der Waals surface area contributed by atoms with Gasteiger partial charge in [-0.05, 0) is 0 Å². The summed E-state index contributed by atoms with van der Waals surface area (Å²) in [5.41, 5.74) is 4.39. The Hall–Kier alpha value is -0.781. The summed E-state index contributed by atoms with van der Waals surface area (Å²) in [5, 5.41) is 0. The minimum atomic E-state index is 0. The van der Waals surface area contributed by atoms with Gasteiger partial charge in [0.1, 0.15) is 0 Å². The average molecular weight is 439 g/mol. The Balaban J connectivity index is 0.000000953. The molecular formula is C28H46Fe. The maximum Gasteiger partial charge on any atom is 2.00 e. The Morgan fingerprint density at radius 1 is 0.586 bits per heavy atom. The van der Waals surface area contributed by atoms with Crippen LogP contribution in [0.4, 0.5) is 0 Å². The first-order valence-corrected chi connectivity index (χ1v) is 12.1. The normalized spacial score (nSPS) is 10.3. The van der Waals surface area contributed by atoms with Crippen LogP contribution >= 0.6 is 0 Å². The van der Waals surface area contributed by atoms with Gasteiger partial charge in [-0.3, -0.25) is 0 Å². The van der Waals surface area contributed by atoms with Crippen LogP contribution in [0.15, 0.2) is 42.5 Å². The van der Waals surface area contributed by atoms with Crippen LogP contribution in [0, 0.1) is 13.8 Å². The number of hydrogen-bond acceptors (Lipinski definition) is 0. The van der Waals surface area contributed by atoms with E-state index in [9.17, 15) is 0 Å². The van der Waals surface area contributed by atoms with E-state index in [4.69, 9.17) is 0 Å². The van der Waals surface area contributed by atoms with Crippen molar-refractivity contribution in [2.45, 2.75) is 117 Å². The maximum absolute atomic E-state index is 2.29. The third-order valence-electron chi connectivity index (χ3n) is 5.78. The summed E-state index contributed by atoms with van der Waals surface area (Å²) in [4.78, 5) is 0. The summed E-state index contributed by atoms with van der Waals surface area (Å²) in [5.74, 6) is 0. The fourth-order valence-corrected chi connectivity index (χ4v) is 3.81. The van der Waals surface area contributed by atoms with Gasteiger partial charge in [0.15, 0.2) is 0 Å². The van der Waals surface area contributed by atoms with Crippen molar-refractivity contribution < 1.29 is 17.1 Å². The van der Waals surface area contributed by atoms with Crippen LogP contribution in [-0.4, -0.2) is 0 Å². The van der Waals surface area contributed by atoms with E-state index < -0.39 is 0 Å². The van der Waals surface area contributed by atoms with E-state index in [2.05, 4.69) is 51.1 Å². The molecule has 2 aromatic rings. The molecule has 0 aliphatic rings. The number of rotatable bonds is 15. The number of hydrogen-bond donors (Lipinski definition) is 0. The van der Waals surface area contributed by atoms with Crippen molar-refractivity contribution in [3.8, 4) is 0 Å². The van der Waals surface area contributed by atoms with E-state index >= 15 is 0 Å². The van der Waals surface area contributed by atoms with Crippen LogP contribution in [0.1, 0.15) is 114 Å². The van der Waals surface area contributed by atoms with Crippen molar-refractivity contribution >= 4 is 0 Å². The van der Waals surface area contributed by atoms with Crippen molar-refractivity contribution in [1.29, 1.82) is 0 Å². The zero-order valence-electron chi connectivity index (χ0n) is 19.5. The Kier molecular flexibility index (Phi) is 19.9. The molecule has 0 saturated carbocycles. The first-order chi connectivity index (χ1) is 13.7. The fraction of sp³-hybridized carbons (Fsp3) is 0.643. The maximum atomic E-state index is 2.29. The van der Waals surface area contributed by atoms with Gasteiger partial charge in [-0.2, -0.15) is 34.9 Å². The third kappa shape index (κ3) is 16.7. The first kappa shape index (κ1) is 28.2. The topological polar surface area (TPSA) is 0 Å². The molecule has 0 saturated heterocycles. The van der Waals surface area contributed by atoms with Crippen LogP contribution in [0.5, 0.6) is 0 Å². The molecule has 2 rings (SSSR count). The summed E-state index contributed by atoms with van der Waals surface area (Å²) >= 11 is 0. The van der Waals surface area contributed by atoms with Gasteiger partial charge >= 0.3 is 17.1 Å². The average Bonchev–Trinajstić information content (AvgIpc) is 3.33. The molecule has 0 aromatic heterocycles. The van der Waals surface area contributed by atoms with Gasteiger partial charge in [-0.1, -0.05) is 117 Å². The molecule has 0 atom stereocenters. The molecule has 0 heterocycles. The van der Waals surface area contributed by atoms with Gasteiger partial charge < -0.3 is 0 Å². The molecule has 2 aromatic carbocycles. The van der Waals surface area contributed by atoms with Crippen LogP contribution in [0.3, 0.4) is 0 Å². The second kappa shape index (κ2) is 20.5. The van der Waals surface area contributed by atoms with Crippen molar-refractivity contribution in [3.63, 3.8) is 0 Å². The van der Waals surface area contributed by atoms with Crippen LogP contribution in [-0.2, 0) is 23.5 Å². The van der Waals surface area contributed by atoms with Crippen LogP contribution in [0.25, 0.3) is 0 Å². The van der Waals surface area contributed by atoms with Gasteiger partial charge in [0.05, 0.1) is 0 Å². The van der Waals surface area contributed by atoms with Gasteiger partial charge in [0.25, 0.3) is 0 Å². The van der Waals surface area contributed by atoms with E-state index in [1.807, 2.05) is 12.1 Å². The Bertz CT molecular complexity index is 534. The minimum Gasteiger partial charge on any atom is -0.213 e. The molecule has 0 N–H and O–H groups in total. The monoisotopic (exact) mass is 438 g/mol. The van der Waals surface area contributed by atoms with Crippen molar-refractivity contribution in [2.75, 3.05) is 0 Å². The molecule has 0 aliphatic carbocycles. The van der Waals surface area contributed by atoms with E-state index in [0.717, 1.165) is 0 Å². The van der Waals surface area contributed by atoms with Gasteiger partial charge in [0.2, 0.25) is 0 Å². The van der Waals surface area contributed by atoms with Crippen molar-refractivity contribution in [3.05, 3.63) is 59.2 Å². The molecular weight excluding hydrogens is 392 g/mol. The second-order valence-corrected chi connectivity index (χ2v) is 8.54. The first-order valence-electron chi connectivity index (χ1n) is 12.1. The fourth-order valence-electron chi connectivity index (χ4n) is 3.81. The standard InChI is InChI=1S/C22H39.C6H7.Fe/c1-3-4-5-6-7-8-9-10-11-12-13-14-15-16-19-22-20-17-18-21(22)2;1-6-4-2-3-5-6;/h17-18,20H,3-16,19H2,1-2H3;2-5H,1H3;/q2*-1;+2. The summed E-state index contributed by atoms with van der Waals surface area (Å²) in [6.07, 6.45) is 21.5. The zero-order valence-corrected chi connectivity index (χ0v) is 20.6. The molecule has 0 unspecified atom stereocenters. The SMILES string of the molecule is CCCCCCCCCCCCCCCCc1ccc[c-]1C.C[c-]1cccc1.[Fe+2]. The predicted octanol–water partition coefficient (Wildman–Crippen LogP) is 9.45. The number of unbranched alkanes of at least 4 members (excludes halogenated alkanes) is 13. The Morgan fingerprint density at radius 3 is 1.38 bits per heavy atom. The van der Waals surface area contributed by atoms with Gasteiger partial charge in [-0.25, -0.2) is 24.3 Å². The molecule has 0 bridgehead atoms. The molecule has 29 heavy (non-hydrogen) atoms. The second-order valence-electron chi connectivity index (χ2n) is 8.54. The molecule has 0 radical (unpaired) electrons. The van der Waals surface area contributed by atoms with E-state index in [0.29, 0.717) is 0 Å². The molecule has 0 aliphatic heterocycles.